The van der Waals surface area contributed by atoms with Crippen LogP contribution in [0.5, 0.6) is 5.75 Å². The molecule has 0 saturated carbocycles. The van der Waals surface area contributed by atoms with Crippen molar-refractivity contribution in [1.82, 2.24) is 4.98 Å². The number of nitrogens with two attached hydrogens (primary N) is 1. The second-order valence-electron chi connectivity index (χ2n) is 3.04. The zero-order valence-electron chi connectivity index (χ0n) is 8.57. The van der Waals surface area contributed by atoms with Crippen LogP contribution in [0.3, 0.4) is 0 Å². The molecule has 0 aromatic carbocycles. The molecule has 8 heteroatoms. The standard InChI is InChI=1S/C8H10F2N2O3S/c1-4-3-12-8(16(11,13)14)5(7(9)10)6(4)15-2/h3,7H,1-2H3,(H2,11,13,14). The molecule has 1 aromatic rings. The summed E-state index contributed by atoms with van der Waals surface area (Å²) in [6, 6.07) is 0. The van der Waals surface area contributed by atoms with Crippen LogP contribution in [0.25, 0.3) is 0 Å². The van der Waals surface area contributed by atoms with E-state index in [0.29, 0.717) is 5.56 Å². The first-order chi connectivity index (χ1) is 7.29. The molecular formula is C8H10F2N2O3S. The number of pyridine rings is 1. The lowest BCUT2D eigenvalue weighted by molar-refractivity contribution is 0.142. The predicted octanol–water partition coefficient (Wildman–Crippen LogP) is 0.984. The zero-order chi connectivity index (χ0) is 12.5. The van der Waals surface area contributed by atoms with E-state index in [9.17, 15) is 17.2 Å². The SMILES string of the molecule is COc1c(C)cnc(S(N)(=O)=O)c1C(F)F. The number of sulfonamides is 1. The highest BCUT2D eigenvalue weighted by Gasteiger charge is 2.27. The first-order valence-corrected chi connectivity index (χ1v) is 5.68. The Labute approximate surface area is 91.3 Å². The topological polar surface area (TPSA) is 82.3 Å². The minimum Gasteiger partial charge on any atom is -0.496 e. The minimum absolute atomic E-state index is 0.214. The van der Waals surface area contributed by atoms with E-state index >= 15 is 0 Å². The Kier molecular flexibility index (Phi) is 3.44. The summed E-state index contributed by atoms with van der Waals surface area (Å²) in [6.07, 6.45) is -1.92. The zero-order valence-corrected chi connectivity index (χ0v) is 9.38. The summed E-state index contributed by atoms with van der Waals surface area (Å²) in [5.41, 5.74) is -0.491. The number of hydrogen-bond acceptors (Lipinski definition) is 4. The molecule has 0 amide bonds. The van der Waals surface area contributed by atoms with Crippen molar-refractivity contribution >= 4 is 10.0 Å². The molecule has 1 heterocycles. The van der Waals surface area contributed by atoms with Crippen molar-refractivity contribution in [2.24, 2.45) is 5.14 Å². The van der Waals surface area contributed by atoms with Crippen LogP contribution in [-0.2, 0) is 10.0 Å². The van der Waals surface area contributed by atoms with E-state index in [0.717, 1.165) is 6.20 Å². The monoisotopic (exact) mass is 252 g/mol. The van der Waals surface area contributed by atoms with Crippen molar-refractivity contribution < 1.29 is 21.9 Å². The number of alkyl halides is 2. The Morgan fingerprint density at radius 3 is 2.44 bits per heavy atom. The van der Waals surface area contributed by atoms with Gasteiger partial charge in [-0.25, -0.2) is 27.3 Å². The van der Waals surface area contributed by atoms with Gasteiger partial charge < -0.3 is 4.74 Å². The Balaban J connectivity index is 3.65. The fraction of sp³-hybridized carbons (Fsp3) is 0.375. The average Bonchev–Trinajstić information content (AvgIpc) is 2.14. The van der Waals surface area contributed by atoms with E-state index in [4.69, 9.17) is 9.88 Å². The number of aryl methyl sites for hydroxylation is 1. The summed E-state index contributed by atoms with van der Waals surface area (Å²) in [5.74, 6) is -0.214. The van der Waals surface area contributed by atoms with Crippen molar-refractivity contribution in [2.75, 3.05) is 7.11 Å². The molecule has 0 aliphatic rings. The molecule has 0 bridgehead atoms. The summed E-state index contributed by atoms with van der Waals surface area (Å²) in [6.45, 7) is 1.48. The lowest BCUT2D eigenvalue weighted by atomic mass is 10.2. The number of aromatic nitrogens is 1. The van der Waals surface area contributed by atoms with Gasteiger partial charge in [-0.05, 0) is 6.92 Å². The maximum atomic E-state index is 12.7. The highest BCUT2D eigenvalue weighted by atomic mass is 32.2. The number of primary sulfonamides is 1. The molecule has 0 atom stereocenters. The molecule has 1 rings (SSSR count). The lowest BCUT2D eigenvalue weighted by Gasteiger charge is -2.13. The van der Waals surface area contributed by atoms with Gasteiger partial charge in [0.25, 0.3) is 16.4 Å². The third-order valence-electron chi connectivity index (χ3n) is 1.90. The molecule has 5 nitrogen and oxygen atoms in total. The molecule has 0 spiro atoms. The van der Waals surface area contributed by atoms with Gasteiger partial charge in [-0.15, -0.1) is 0 Å². The smallest absolute Gasteiger partial charge is 0.270 e. The highest BCUT2D eigenvalue weighted by molar-refractivity contribution is 7.89. The molecule has 0 saturated heterocycles. The van der Waals surface area contributed by atoms with Crippen LogP contribution >= 0.6 is 0 Å². The van der Waals surface area contributed by atoms with Gasteiger partial charge in [0.1, 0.15) is 5.75 Å². The summed E-state index contributed by atoms with van der Waals surface area (Å²) < 4.78 is 52.4. The third kappa shape index (κ3) is 2.27. The first-order valence-electron chi connectivity index (χ1n) is 4.13. The van der Waals surface area contributed by atoms with E-state index < -0.39 is 27.0 Å². The fourth-order valence-electron chi connectivity index (χ4n) is 1.28. The van der Waals surface area contributed by atoms with Gasteiger partial charge in [0.2, 0.25) is 0 Å². The molecule has 0 unspecified atom stereocenters. The van der Waals surface area contributed by atoms with Gasteiger partial charge in [0, 0.05) is 11.8 Å². The van der Waals surface area contributed by atoms with Crippen LogP contribution < -0.4 is 9.88 Å². The number of hydrogen-bond donors (Lipinski definition) is 1. The van der Waals surface area contributed by atoms with Gasteiger partial charge >= 0.3 is 0 Å². The Hall–Kier alpha value is -1.28. The largest absolute Gasteiger partial charge is 0.496 e. The summed E-state index contributed by atoms with van der Waals surface area (Å²) in [5, 5.41) is 3.93. The molecule has 0 aliphatic heterocycles. The van der Waals surface area contributed by atoms with E-state index in [-0.39, 0.29) is 5.75 Å². The van der Waals surface area contributed by atoms with Gasteiger partial charge in [-0.3, -0.25) is 0 Å². The molecule has 16 heavy (non-hydrogen) atoms. The maximum absolute atomic E-state index is 12.7. The van der Waals surface area contributed by atoms with Crippen LogP contribution in [-0.4, -0.2) is 20.5 Å². The highest BCUT2D eigenvalue weighted by Crippen LogP contribution is 2.35. The van der Waals surface area contributed by atoms with Gasteiger partial charge in [0.05, 0.1) is 12.7 Å². The second-order valence-corrected chi connectivity index (χ2v) is 4.52. The number of nitrogens with zero attached hydrogens (tertiary/aromatic N) is 1. The number of methoxy groups -OCH3 is 1. The van der Waals surface area contributed by atoms with E-state index in [1.807, 2.05) is 0 Å². The summed E-state index contributed by atoms with van der Waals surface area (Å²) in [7, 11) is -3.13. The van der Waals surface area contributed by atoms with Crippen molar-refractivity contribution in [3.8, 4) is 5.75 Å². The van der Waals surface area contributed by atoms with Crippen LogP contribution in [0.15, 0.2) is 11.2 Å². The Morgan fingerprint density at radius 1 is 1.50 bits per heavy atom. The molecular weight excluding hydrogens is 242 g/mol. The normalized spacial score (nSPS) is 11.9. The van der Waals surface area contributed by atoms with Crippen LogP contribution in [0, 0.1) is 6.92 Å². The fourth-order valence-corrected chi connectivity index (χ4v) is 1.97. The number of ether oxygens (including phenoxy) is 1. The maximum Gasteiger partial charge on any atom is 0.270 e. The lowest BCUT2D eigenvalue weighted by Crippen LogP contribution is -2.17. The molecule has 0 radical (unpaired) electrons. The average molecular weight is 252 g/mol. The molecule has 1 aromatic heterocycles. The molecule has 0 aliphatic carbocycles. The molecule has 2 N–H and O–H groups in total. The third-order valence-corrected chi connectivity index (χ3v) is 2.76. The van der Waals surface area contributed by atoms with Crippen molar-refractivity contribution in [3.63, 3.8) is 0 Å². The molecule has 90 valence electrons. The summed E-state index contributed by atoms with van der Waals surface area (Å²) in [4.78, 5) is 3.41. The van der Waals surface area contributed by atoms with Crippen molar-refractivity contribution in [3.05, 3.63) is 17.3 Å². The molecule has 0 fully saturated rings. The van der Waals surface area contributed by atoms with E-state index in [1.54, 1.807) is 0 Å². The van der Waals surface area contributed by atoms with Gasteiger partial charge in [-0.1, -0.05) is 0 Å². The first kappa shape index (κ1) is 12.8. The summed E-state index contributed by atoms with van der Waals surface area (Å²) >= 11 is 0. The number of halogens is 2. The van der Waals surface area contributed by atoms with E-state index in [1.165, 1.54) is 14.0 Å². The van der Waals surface area contributed by atoms with Gasteiger partial charge in [0.15, 0.2) is 5.03 Å². The van der Waals surface area contributed by atoms with Crippen LogP contribution in [0.1, 0.15) is 17.6 Å². The Morgan fingerprint density at radius 2 is 2.06 bits per heavy atom. The second kappa shape index (κ2) is 4.30. The van der Waals surface area contributed by atoms with Crippen molar-refractivity contribution in [2.45, 2.75) is 18.4 Å². The Bertz CT molecular complexity index is 502. The minimum atomic E-state index is -4.30. The quantitative estimate of drug-likeness (QED) is 0.869. The van der Waals surface area contributed by atoms with Crippen LogP contribution in [0.2, 0.25) is 0 Å². The predicted molar refractivity (Wildman–Crippen MR) is 51.9 cm³/mol. The van der Waals surface area contributed by atoms with Crippen LogP contribution in [0.4, 0.5) is 8.78 Å². The van der Waals surface area contributed by atoms with Crippen molar-refractivity contribution in [1.29, 1.82) is 0 Å². The van der Waals surface area contributed by atoms with Gasteiger partial charge in [-0.2, -0.15) is 0 Å². The number of rotatable bonds is 3. The van der Waals surface area contributed by atoms with E-state index in [2.05, 4.69) is 4.98 Å².